The average molecular weight is 180 g/mol. The number of hydrogen-bond acceptors (Lipinski definition) is 2. The van der Waals surface area contributed by atoms with Gasteiger partial charge in [0.15, 0.2) is 0 Å². The zero-order chi connectivity index (χ0) is 9.42. The number of carbonyl (C=O) groups excluding carboxylic acids is 2. The van der Waals surface area contributed by atoms with Gasteiger partial charge in [0.05, 0.1) is 5.92 Å². The minimum absolute atomic E-state index is 0.204. The molecule has 0 heterocycles. The Kier molecular flexibility index (Phi) is 2.22. The predicted molar refractivity (Wildman–Crippen MR) is 49.2 cm³/mol. The zero-order valence-electron chi connectivity index (χ0n) is 8.08. The van der Waals surface area contributed by atoms with Crippen molar-refractivity contribution in [1.29, 1.82) is 0 Å². The normalized spacial score (nSPS) is 34.7. The molecule has 72 valence electrons. The summed E-state index contributed by atoms with van der Waals surface area (Å²) in [7, 11) is 0. The molecule has 0 saturated heterocycles. The van der Waals surface area contributed by atoms with Crippen molar-refractivity contribution < 1.29 is 9.59 Å². The highest BCUT2D eigenvalue weighted by atomic mass is 16.2. The van der Waals surface area contributed by atoms with Crippen LogP contribution in [-0.2, 0) is 9.59 Å². The molecule has 0 radical (unpaired) electrons. The van der Waals surface area contributed by atoms with Crippen LogP contribution in [0.25, 0.3) is 0 Å². The molecular weight excluding hydrogens is 164 g/mol. The van der Waals surface area contributed by atoms with E-state index in [4.69, 9.17) is 0 Å². The highest BCUT2D eigenvalue weighted by molar-refractivity contribution is 6.04. The molecule has 2 aliphatic rings. The lowest BCUT2D eigenvalue weighted by molar-refractivity contribution is -0.136. The highest BCUT2D eigenvalue weighted by Gasteiger charge is 2.39. The van der Waals surface area contributed by atoms with Gasteiger partial charge in [0.25, 0.3) is 0 Å². The Balaban J connectivity index is 2.02. The van der Waals surface area contributed by atoms with E-state index in [-0.39, 0.29) is 23.4 Å². The fraction of sp³-hybridized carbons (Fsp3) is 0.818. The van der Waals surface area contributed by atoms with E-state index in [1.54, 1.807) is 0 Å². The molecule has 0 aromatic rings. The maximum absolute atomic E-state index is 11.7. The molecular formula is C11H16O2. The van der Waals surface area contributed by atoms with Crippen molar-refractivity contribution in [3.63, 3.8) is 0 Å². The van der Waals surface area contributed by atoms with Crippen molar-refractivity contribution in [2.24, 2.45) is 17.8 Å². The molecule has 2 aliphatic carbocycles. The van der Waals surface area contributed by atoms with E-state index in [1.165, 1.54) is 0 Å². The Hall–Kier alpha value is -0.660. The second-order valence-electron chi connectivity index (χ2n) is 4.58. The molecule has 0 spiro atoms. The van der Waals surface area contributed by atoms with Gasteiger partial charge in [-0.05, 0) is 31.6 Å². The number of Topliss-reactive ketones (excluding diaryl/α,β-unsaturated/α-hetero) is 2. The third kappa shape index (κ3) is 1.82. The molecule has 13 heavy (non-hydrogen) atoms. The number of carbonyl (C=O) groups is 2. The Labute approximate surface area is 78.7 Å². The molecule has 2 atom stereocenters. The third-order valence-corrected chi connectivity index (χ3v) is 3.23. The van der Waals surface area contributed by atoms with Gasteiger partial charge < -0.3 is 0 Å². The van der Waals surface area contributed by atoms with Gasteiger partial charge in [0.1, 0.15) is 11.6 Å². The van der Waals surface area contributed by atoms with Gasteiger partial charge >= 0.3 is 0 Å². The van der Waals surface area contributed by atoms with Gasteiger partial charge in [-0.3, -0.25) is 9.59 Å². The zero-order valence-corrected chi connectivity index (χ0v) is 8.08. The van der Waals surface area contributed by atoms with Crippen LogP contribution in [-0.4, -0.2) is 11.6 Å². The minimum atomic E-state index is -0.226. The van der Waals surface area contributed by atoms with Crippen LogP contribution >= 0.6 is 0 Å². The molecule has 2 nitrogen and oxygen atoms in total. The fourth-order valence-electron chi connectivity index (χ4n) is 2.14. The minimum Gasteiger partial charge on any atom is -0.299 e. The molecule has 0 amide bonds. The first-order chi connectivity index (χ1) is 6.18. The SMILES string of the molecule is CC1CCC(=O)C(C(=O)C2CC2)C1. The van der Waals surface area contributed by atoms with E-state index in [9.17, 15) is 9.59 Å². The highest BCUT2D eigenvalue weighted by Crippen LogP contribution is 2.37. The molecule has 0 N–H and O–H groups in total. The van der Waals surface area contributed by atoms with Crippen LogP contribution in [0.1, 0.15) is 39.0 Å². The molecule has 2 rings (SSSR count). The van der Waals surface area contributed by atoms with Crippen LogP contribution in [0.15, 0.2) is 0 Å². The van der Waals surface area contributed by atoms with E-state index in [0.29, 0.717) is 12.3 Å². The standard InChI is InChI=1S/C11H16O2/c1-7-2-5-10(12)9(6-7)11(13)8-3-4-8/h7-9H,2-6H2,1H3. The van der Waals surface area contributed by atoms with Gasteiger partial charge in [-0.2, -0.15) is 0 Å². The summed E-state index contributed by atoms with van der Waals surface area (Å²) in [6.45, 7) is 2.14. The maximum Gasteiger partial charge on any atom is 0.146 e. The van der Waals surface area contributed by atoms with Crippen molar-refractivity contribution in [3.8, 4) is 0 Å². The average Bonchev–Trinajstić information content (AvgIpc) is 2.91. The summed E-state index contributed by atoms with van der Waals surface area (Å²) in [5.41, 5.74) is 0. The summed E-state index contributed by atoms with van der Waals surface area (Å²) >= 11 is 0. The van der Waals surface area contributed by atoms with Crippen LogP contribution in [0, 0.1) is 17.8 Å². The van der Waals surface area contributed by atoms with E-state index in [1.807, 2.05) is 0 Å². The summed E-state index contributed by atoms with van der Waals surface area (Å²) in [6.07, 6.45) is 4.47. The van der Waals surface area contributed by atoms with E-state index < -0.39 is 0 Å². The van der Waals surface area contributed by atoms with Crippen molar-refractivity contribution in [2.75, 3.05) is 0 Å². The second kappa shape index (κ2) is 3.24. The lowest BCUT2D eigenvalue weighted by Crippen LogP contribution is -2.31. The van der Waals surface area contributed by atoms with Crippen LogP contribution in [0.5, 0.6) is 0 Å². The monoisotopic (exact) mass is 180 g/mol. The fourth-order valence-corrected chi connectivity index (χ4v) is 2.14. The number of hydrogen-bond donors (Lipinski definition) is 0. The van der Waals surface area contributed by atoms with Gasteiger partial charge in [0.2, 0.25) is 0 Å². The second-order valence-corrected chi connectivity index (χ2v) is 4.58. The lowest BCUT2D eigenvalue weighted by Gasteiger charge is -2.24. The Morgan fingerprint density at radius 1 is 1.31 bits per heavy atom. The van der Waals surface area contributed by atoms with E-state index in [0.717, 1.165) is 25.7 Å². The van der Waals surface area contributed by atoms with Crippen molar-refractivity contribution in [1.82, 2.24) is 0 Å². The molecule has 2 unspecified atom stereocenters. The van der Waals surface area contributed by atoms with Gasteiger partial charge in [-0.25, -0.2) is 0 Å². The van der Waals surface area contributed by atoms with E-state index >= 15 is 0 Å². The van der Waals surface area contributed by atoms with Gasteiger partial charge in [0, 0.05) is 12.3 Å². The molecule has 2 heteroatoms. The van der Waals surface area contributed by atoms with Crippen molar-refractivity contribution in [3.05, 3.63) is 0 Å². The molecule has 2 saturated carbocycles. The van der Waals surface area contributed by atoms with Crippen molar-refractivity contribution in [2.45, 2.75) is 39.0 Å². The van der Waals surface area contributed by atoms with Gasteiger partial charge in [-0.1, -0.05) is 6.92 Å². The summed E-state index contributed by atoms with van der Waals surface area (Å²) in [5.74, 6) is 1.03. The van der Waals surface area contributed by atoms with Gasteiger partial charge in [-0.15, -0.1) is 0 Å². The first kappa shape index (κ1) is 8.92. The molecule has 0 aromatic heterocycles. The van der Waals surface area contributed by atoms with E-state index in [2.05, 4.69) is 6.92 Å². The summed E-state index contributed by atoms with van der Waals surface area (Å²) < 4.78 is 0. The molecule has 0 bridgehead atoms. The number of ketones is 2. The first-order valence-corrected chi connectivity index (χ1v) is 5.25. The molecule has 2 fully saturated rings. The summed E-state index contributed by atoms with van der Waals surface area (Å²) in [6, 6.07) is 0. The smallest absolute Gasteiger partial charge is 0.146 e. The lowest BCUT2D eigenvalue weighted by atomic mass is 9.78. The largest absolute Gasteiger partial charge is 0.299 e. The topological polar surface area (TPSA) is 34.1 Å². The summed E-state index contributed by atoms with van der Waals surface area (Å²) in [5, 5.41) is 0. The Morgan fingerprint density at radius 3 is 2.62 bits per heavy atom. The Bertz CT molecular complexity index is 240. The third-order valence-electron chi connectivity index (χ3n) is 3.23. The molecule has 0 aromatic carbocycles. The van der Waals surface area contributed by atoms with Crippen molar-refractivity contribution >= 4 is 11.6 Å². The quantitative estimate of drug-likeness (QED) is 0.609. The van der Waals surface area contributed by atoms with Crippen LogP contribution in [0.3, 0.4) is 0 Å². The van der Waals surface area contributed by atoms with Crippen LogP contribution < -0.4 is 0 Å². The number of rotatable bonds is 2. The Morgan fingerprint density at radius 2 is 2.00 bits per heavy atom. The first-order valence-electron chi connectivity index (χ1n) is 5.25. The van der Waals surface area contributed by atoms with Crippen LogP contribution in [0.2, 0.25) is 0 Å². The summed E-state index contributed by atoms with van der Waals surface area (Å²) in [4.78, 5) is 23.2. The molecule has 0 aliphatic heterocycles. The maximum atomic E-state index is 11.7. The van der Waals surface area contributed by atoms with Crippen LogP contribution in [0.4, 0.5) is 0 Å². The predicted octanol–water partition coefficient (Wildman–Crippen LogP) is 1.97.